The fraction of sp³-hybridized carbons (Fsp3) is 0.400. The Hall–Kier alpha value is -1.12. The molecule has 4 rings (SSSR count). The maximum Gasteiger partial charge on any atom is 1.00 e. The van der Waals surface area contributed by atoms with Crippen molar-refractivity contribution >= 4 is 35.5 Å². The molecule has 2 nitrogen and oxygen atoms in total. The Morgan fingerprint density at radius 3 is 2.38 bits per heavy atom. The standard InChI is InChI=1S/C20H25N2Si.Ru/c1-12-11-13(2)20-18(14(12)3)22-15(4)21(5)16-9-8-10-17(19(16)22)23(20,6)7;/h8-10,15H,1-7H3;/q-1;+1/t15-;/m1./s1. The van der Waals surface area contributed by atoms with E-state index in [0.717, 1.165) is 0 Å². The zero-order chi connectivity index (χ0) is 16.7. The minimum atomic E-state index is -1.72. The molecule has 2 heterocycles. The second kappa shape index (κ2) is 5.44. The minimum absolute atomic E-state index is 0. The summed E-state index contributed by atoms with van der Waals surface area (Å²) in [5.74, 6) is 0. The molecule has 0 fully saturated rings. The summed E-state index contributed by atoms with van der Waals surface area (Å²) in [6, 6.07) is 10.5. The third kappa shape index (κ3) is 1.96. The molecule has 1 atom stereocenters. The van der Waals surface area contributed by atoms with Gasteiger partial charge in [-0.15, -0.1) is 10.8 Å². The maximum atomic E-state index is 3.64. The van der Waals surface area contributed by atoms with Crippen LogP contribution in [0.15, 0.2) is 18.2 Å². The Morgan fingerprint density at radius 1 is 1.04 bits per heavy atom. The van der Waals surface area contributed by atoms with Crippen LogP contribution >= 0.6 is 0 Å². The van der Waals surface area contributed by atoms with Crippen LogP contribution in [0, 0.1) is 26.8 Å². The van der Waals surface area contributed by atoms with Crippen molar-refractivity contribution in [3.05, 3.63) is 41.0 Å². The Morgan fingerprint density at radius 2 is 1.71 bits per heavy atom. The number of benzene rings is 2. The van der Waals surface area contributed by atoms with Crippen molar-refractivity contribution in [3.63, 3.8) is 0 Å². The molecule has 127 valence electrons. The van der Waals surface area contributed by atoms with Crippen molar-refractivity contribution in [3.8, 4) is 0 Å². The van der Waals surface area contributed by atoms with Crippen LogP contribution in [0.5, 0.6) is 0 Å². The summed E-state index contributed by atoms with van der Waals surface area (Å²) in [4.78, 5) is 5.00. The first kappa shape index (κ1) is 17.7. The van der Waals surface area contributed by atoms with Crippen molar-refractivity contribution in [1.29, 1.82) is 0 Å². The first-order valence-electron chi connectivity index (χ1n) is 8.46. The third-order valence-corrected chi connectivity index (χ3v) is 9.63. The van der Waals surface area contributed by atoms with Gasteiger partial charge in [0.2, 0.25) is 0 Å². The van der Waals surface area contributed by atoms with Gasteiger partial charge in [-0.1, -0.05) is 51.7 Å². The number of hydrogen-bond acceptors (Lipinski definition) is 2. The molecule has 0 aromatic heterocycles. The van der Waals surface area contributed by atoms with Crippen LogP contribution in [0.2, 0.25) is 13.1 Å². The predicted octanol–water partition coefficient (Wildman–Crippen LogP) is 3.48. The fourth-order valence-corrected chi connectivity index (χ4v) is 8.14. The normalized spacial score (nSPS) is 19.7. The van der Waals surface area contributed by atoms with Crippen LogP contribution in [0.3, 0.4) is 0 Å². The SMILES string of the molecule is Cc1[c-]c(C)c2c(c1C)N1c3c(cccc3[Si]2(C)C)N(C)[C@H]1C.[Ru+]. The maximum absolute atomic E-state index is 3.64. The van der Waals surface area contributed by atoms with Crippen molar-refractivity contribution in [2.75, 3.05) is 16.8 Å². The molecule has 1 radical (unpaired) electrons. The molecule has 24 heavy (non-hydrogen) atoms. The second-order valence-corrected chi connectivity index (χ2v) is 11.9. The van der Waals surface area contributed by atoms with Crippen LogP contribution < -0.4 is 20.2 Å². The van der Waals surface area contributed by atoms with E-state index < -0.39 is 8.07 Å². The van der Waals surface area contributed by atoms with E-state index in [-0.39, 0.29) is 19.5 Å². The summed E-state index contributed by atoms with van der Waals surface area (Å²) in [6.45, 7) is 14.0. The van der Waals surface area contributed by atoms with Crippen LogP contribution in [0.25, 0.3) is 0 Å². The molecule has 0 bridgehead atoms. The average molecular weight is 423 g/mol. The molecule has 2 aromatic rings. The first-order valence-corrected chi connectivity index (χ1v) is 11.5. The van der Waals surface area contributed by atoms with E-state index in [1.807, 2.05) is 0 Å². The fourth-order valence-electron chi connectivity index (χ4n) is 4.61. The number of rotatable bonds is 0. The van der Waals surface area contributed by atoms with Gasteiger partial charge in [-0.05, 0) is 18.2 Å². The van der Waals surface area contributed by atoms with Gasteiger partial charge in [0.25, 0.3) is 0 Å². The average Bonchev–Trinajstić information content (AvgIpc) is 2.74. The monoisotopic (exact) mass is 423 g/mol. The number of anilines is 3. The van der Waals surface area contributed by atoms with Crippen LogP contribution in [0.4, 0.5) is 17.1 Å². The summed E-state index contributed by atoms with van der Waals surface area (Å²) in [6.07, 6.45) is 0.356. The summed E-state index contributed by atoms with van der Waals surface area (Å²) < 4.78 is 0. The van der Waals surface area contributed by atoms with E-state index in [1.54, 1.807) is 10.4 Å². The van der Waals surface area contributed by atoms with E-state index >= 15 is 0 Å². The molecular formula is C20H25N2RuSi. The van der Waals surface area contributed by atoms with Crippen molar-refractivity contribution < 1.29 is 19.5 Å². The molecule has 0 unspecified atom stereocenters. The van der Waals surface area contributed by atoms with Gasteiger partial charge in [-0.25, -0.2) is 0 Å². The molecule has 0 N–H and O–H groups in total. The molecule has 4 heteroatoms. The molecule has 0 saturated heterocycles. The molecule has 0 amide bonds. The number of para-hydroxylation sites is 1. The smallest absolute Gasteiger partial charge is 0.353 e. The van der Waals surface area contributed by atoms with E-state index in [2.05, 4.69) is 81.9 Å². The van der Waals surface area contributed by atoms with Crippen LogP contribution in [-0.4, -0.2) is 21.3 Å². The quantitative estimate of drug-likeness (QED) is 0.474. The Bertz CT molecular complexity index is 844. The van der Waals surface area contributed by atoms with E-state index in [4.69, 9.17) is 0 Å². The largest absolute Gasteiger partial charge is 1.00 e. The summed E-state index contributed by atoms with van der Waals surface area (Å²) in [5, 5.41) is 3.14. The molecule has 0 aliphatic carbocycles. The molecule has 0 spiro atoms. The number of aryl methyl sites for hydroxylation is 2. The first-order chi connectivity index (χ1) is 10.8. The van der Waals surface area contributed by atoms with Gasteiger partial charge in [0.15, 0.2) is 0 Å². The topological polar surface area (TPSA) is 6.48 Å². The summed E-state index contributed by atoms with van der Waals surface area (Å²) in [7, 11) is 0.497. The Balaban J connectivity index is 0.00000169. The Labute approximate surface area is 159 Å². The zero-order valence-corrected chi connectivity index (χ0v) is 18.3. The predicted molar refractivity (Wildman–Crippen MR) is 103 cm³/mol. The number of hydrogen-bond donors (Lipinski definition) is 0. The Kier molecular flexibility index (Phi) is 4.01. The van der Waals surface area contributed by atoms with E-state index in [0.29, 0.717) is 6.17 Å². The van der Waals surface area contributed by atoms with Crippen molar-refractivity contribution in [2.45, 2.75) is 47.0 Å². The van der Waals surface area contributed by atoms with Gasteiger partial charge in [0.1, 0.15) is 6.17 Å². The van der Waals surface area contributed by atoms with E-state index in [9.17, 15) is 0 Å². The molecular weight excluding hydrogens is 397 g/mol. The van der Waals surface area contributed by atoms with Gasteiger partial charge in [-0.3, -0.25) is 0 Å². The van der Waals surface area contributed by atoms with Crippen LogP contribution in [0.1, 0.15) is 23.6 Å². The second-order valence-electron chi connectivity index (χ2n) is 7.63. The summed E-state index contributed by atoms with van der Waals surface area (Å²) in [5.41, 5.74) is 8.33. The van der Waals surface area contributed by atoms with Crippen molar-refractivity contribution in [2.24, 2.45) is 0 Å². The van der Waals surface area contributed by atoms with E-state index in [1.165, 1.54) is 33.8 Å². The van der Waals surface area contributed by atoms with Gasteiger partial charge < -0.3 is 9.80 Å². The van der Waals surface area contributed by atoms with Gasteiger partial charge >= 0.3 is 19.5 Å². The third-order valence-electron chi connectivity index (χ3n) is 6.01. The molecule has 0 saturated carbocycles. The number of fused-ring (bicyclic) bond motifs is 2. The van der Waals surface area contributed by atoms with Crippen molar-refractivity contribution in [1.82, 2.24) is 0 Å². The van der Waals surface area contributed by atoms with Gasteiger partial charge in [0, 0.05) is 7.05 Å². The molecule has 2 aromatic carbocycles. The zero-order valence-electron chi connectivity index (χ0n) is 15.6. The molecule has 2 aliphatic heterocycles. The minimum Gasteiger partial charge on any atom is -0.353 e. The number of nitrogens with zero attached hydrogens (tertiary/aromatic N) is 2. The van der Waals surface area contributed by atoms with Gasteiger partial charge in [-0.2, -0.15) is 17.2 Å². The van der Waals surface area contributed by atoms with Crippen LogP contribution in [-0.2, 0) is 19.5 Å². The summed E-state index contributed by atoms with van der Waals surface area (Å²) >= 11 is 0. The molecule has 2 aliphatic rings. The van der Waals surface area contributed by atoms with Gasteiger partial charge in [0.05, 0.1) is 19.4 Å².